The number of aliphatic hydroxyl groups is 1. The van der Waals surface area contributed by atoms with Crippen molar-refractivity contribution in [2.24, 2.45) is 0 Å². The minimum atomic E-state index is -3.39. The van der Waals surface area contributed by atoms with Gasteiger partial charge in [-0.2, -0.15) is 4.31 Å². The van der Waals surface area contributed by atoms with Gasteiger partial charge in [-0.15, -0.1) is 0 Å². The van der Waals surface area contributed by atoms with Crippen molar-refractivity contribution in [2.75, 3.05) is 36.9 Å². The van der Waals surface area contributed by atoms with Crippen LogP contribution in [0.2, 0.25) is 0 Å². The van der Waals surface area contributed by atoms with Crippen molar-refractivity contribution in [2.45, 2.75) is 24.0 Å². The zero-order valence-corrected chi connectivity index (χ0v) is 12.2. The van der Waals surface area contributed by atoms with Crippen LogP contribution < -0.4 is 10.2 Å². The second-order valence-corrected chi connectivity index (χ2v) is 7.27. The third-order valence-corrected chi connectivity index (χ3v) is 5.75. The Morgan fingerprint density at radius 2 is 2.00 bits per heavy atom. The van der Waals surface area contributed by atoms with E-state index in [2.05, 4.69) is 5.32 Å². The summed E-state index contributed by atoms with van der Waals surface area (Å²) in [6.07, 6.45) is 1.23. The molecule has 7 heteroatoms. The molecule has 6 nitrogen and oxygen atoms in total. The Kier molecular flexibility index (Phi) is 3.35. The van der Waals surface area contributed by atoms with Crippen LogP contribution in [-0.4, -0.2) is 50.7 Å². The first-order valence-corrected chi connectivity index (χ1v) is 8.22. The van der Waals surface area contributed by atoms with Gasteiger partial charge in [0.2, 0.25) is 10.0 Å². The monoisotopic (exact) mass is 297 g/mol. The van der Waals surface area contributed by atoms with Crippen molar-refractivity contribution in [3.05, 3.63) is 18.2 Å². The Labute approximate surface area is 119 Å². The number of benzene rings is 1. The molecule has 2 N–H and O–H groups in total. The number of β-amino-alcohol motifs (C(OH)–C–C–N with tert-alkyl or cyclic N) is 1. The van der Waals surface area contributed by atoms with E-state index in [-0.39, 0.29) is 0 Å². The molecule has 1 saturated heterocycles. The largest absolute Gasteiger partial charge is 0.372 e. The average Bonchev–Trinajstić information content (AvgIpc) is 2.92. The van der Waals surface area contributed by atoms with E-state index in [0.717, 1.165) is 24.2 Å². The van der Waals surface area contributed by atoms with Gasteiger partial charge in [-0.25, -0.2) is 8.42 Å². The minimum absolute atomic E-state index is 0.322. The van der Waals surface area contributed by atoms with Gasteiger partial charge >= 0.3 is 0 Å². The van der Waals surface area contributed by atoms with E-state index in [0.29, 0.717) is 24.5 Å². The number of hydrogen-bond acceptors (Lipinski definition) is 5. The van der Waals surface area contributed by atoms with Crippen LogP contribution in [0.4, 0.5) is 11.4 Å². The third-order valence-electron chi connectivity index (χ3n) is 3.85. The minimum Gasteiger partial charge on any atom is -0.372 e. The molecule has 2 aliphatic heterocycles. The molecular weight excluding hydrogens is 278 g/mol. The van der Waals surface area contributed by atoms with Crippen molar-refractivity contribution < 1.29 is 13.5 Å². The Morgan fingerprint density at radius 3 is 2.70 bits per heavy atom. The maximum absolute atomic E-state index is 12.5. The van der Waals surface area contributed by atoms with Crippen LogP contribution in [0, 0.1) is 0 Å². The van der Waals surface area contributed by atoms with Gasteiger partial charge in [-0.1, -0.05) is 0 Å². The van der Waals surface area contributed by atoms with Crippen LogP contribution >= 0.6 is 0 Å². The van der Waals surface area contributed by atoms with Gasteiger partial charge in [0.05, 0.1) is 22.8 Å². The molecule has 1 atom stereocenters. The van der Waals surface area contributed by atoms with Crippen molar-refractivity contribution in [1.29, 1.82) is 0 Å². The fraction of sp³-hybridized carbons (Fsp3) is 0.538. The van der Waals surface area contributed by atoms with Crippen molar-refractivity contribution in [1.82, 2.24) is 4.31 Å². The normalized spacial score (nSPS) is 23.5. The summed E-state index contributed by atoms with van der Waals surface area (Å²) in [5.41, 5.74) is 1.56. The molecular formula is C13H19N3O3S. The highest BCUT2D eigenvalue weighted by Crippen LogP contribution is 2.33. The molecule has 2 aliphatic rings. The average molecular weight is 297 g/mol. The predicted octanol–water partition coefficient (Wildman–Crippen LogP) is 0.651. The Bertz CT molecular complexity index is 611. The molecule has 0 radical (unpaired) electrons. The number of rotatable bonds is 2. The molecule has 3 rings (SSSR count). The lowest BCUT2D eigenvalue weighted by Gasteiger charge is -2.32. The third kappa shape index (κ3) is 2.25. The molecule has 20 heavy (non-hydrogen) atoms. The number of aliphatic hydroxyl groups excluding tert-OH is 1. The van der Waals surface area contributed by atoms with E-state index >= 15 is 0 Å². The highest BCUT2D eigenvalue weighted by molar-refractivity contribution is 7.89. The van der Waals surface area contributed by atoms with E-state index < -0.39 is 16.3 Å². The second-order valence-electron chi connectivity index (χ2n) is 5.33. The Morgan fingerprint density at radius 1 is 1.30 bits per heavy atom. The summed E-state index contributed by atoms with van der Waals surface area (Å²) in [5, 5.41) is 12.6. The summed E-state index contributed by atoms with van der Waals surface area (Å²) < 4.78 is 26.6. The standard InChI is InChI=1S/C13H19N3O3S/c1-15-9-13(17)14-11-5-4-10(8-12(11)15)20(18,19)16-6-2-3-7-16/h4-5,8,13-14,17H,2-3,6-7,9H2,1H3. The summed E-state index contributed by atoms with van der Waals surface area (Å²) in [7, 11) is -1.55. The molecule has 0 amide bonds. The lowest BCUT2D eigenvalue weighted by molar-refractivity contribution is 0.207. The van der Waals surface area contributed by atoms with Gasteiger partial charge < -0.3 is 15.3 Å². The molecule has 0 bridgehead atoms. The van der Waals surface area contributed by atoms with Crippen molar-refractivity contribution in [3.8, 4) is 0 Å². The van der Waals surface area contributed by atoms with Crippen LogP contribution in [0.1, 0.15) is 12.8 Å². The Hall–Kier alpha value is -1.31. The predicted molar refractivity (Wildman–Crippen MR) is 77.3 cm³/mol. The number of likely N-dealkylation sites (N-methyl/N-ethyl adjacent to an activating group) is 1. The van der Waals surface area contributed by atoms with Crippen LogP contribution in [0.25, 0.3) is 0 Å². The quantitative estimate of drug-likeness (QED) is 0.838. The number of hydrogen-bond donors (Lipinski definition) is 2. The number of nitrogens with one attached hydrogen (secondary N) is 1. The molecule has 2 heterocycles. The fourth-order valence-electron chi connectivity index (χ4n) is 2.77. The molecule has 1 aromatic rings. The van der Waals surface area contributed by atoms with E-state index in [1.54, 1.807) is 22.5 Å². The number of nitrogens with zero attached hydrogens (tertiary/aromatic N) is 2. The summed E-state index contributed by atoms with van der Waals surface area (Å²) in [6.45, 7) is 1.64. The second kappa shape index (κ2) is 4.91. The lowest BCUT2D eigenvalue weighted by Crippen LogP contribution is -2.39. The van der Waals surface area contributed by atoms with Gasteiger partial charge in [0, 0.05) is 20.1 Å². The SMILES string of the molecule is CN1CC(O)Nc2ccc(S(=O)(=O)N3CCCC3)cc21. The molecule has 110 valence electrons. The summed E-state index contributed by atoms with van der Waals surface area (Å²) in [5.74, 6) is 0. The number of fused-ring (bicyclic) bond motifs is 1. The van der Waals surface area contributed by atoms with Crippen molar-refractivity contribution in [3.63, 3.8) is 0 Å². The first-order valence-electron chi connectivity index (χ1n) is 6.78. The van der Waals surface area contributed by atoms with E-state index in [9.17, 15) is 13.5 Å². The zero-order chi connectivity index (χ0) is 14.3. The maximum Gasteiger partial charge on any atom is 0.243 e. The zero-order valence-electron chi connectivity index (χ0n) is 11.4. The van der Waals surface area contributed by atoms with Crippen LogP contribution in [0.3, 0.4) is 0 Å². The van der Waals surface area contributed by atoms with E-state index in [4.69, 9.17) is 0 Å². The van der Waals surface area contributed by atoms with Gasteiger partial charge in [0.15, 0.2) is 0 Å². The lowest BCUT2D eigenvalue weighted by atomic mass is 10.2. The molecule has 1 fully saturated rings. The molecule has 1 aromatic carbocycles. The number of anilines is 2. The summed E-state index contributed by atoms with van der Waals surface area (Å²) >= 11 is 0. The van der Waals surface area contributed by atoms with Gasteiger partial charge in [-0.05, 0) is 31.0 Å². The van der Waals surface area contributed by atoms with Crippen molar-refractivity contribution >= 4 is 21.4 Å². The van der Waals surface area contributed by atoms with Gasteiger partial charge in [-0.3, -0.25) is 0 Å². The first kappa shape index (κ1) is 13.7. The molecule has 0 spiro atoms. The van der Waals surface area contributed by atoms with E-state index in [1.165, 1.54) is 0 Å². The number of sulfonamides is 1. The summed E-state index contributed by atoms with van der Waals surface area (Å²) in [4.78, 5) is 2.18. The van der Waals surface area contributed by atoms with Crippen LogP contribution in [-0.2, 0) is 10.0 Å². The molecule has 0 aromatic heterocycles. The smallest absolute Gasteiger partial charge is 0.243 e. The molecule has 1 unspecified atom stereocenters. The van der Waals surface area contributed by atoms with Gasteiger partial charge in [0.1, 0.15) is 6.23 Å². The molecule has 0 aliphatic carbocycles. The molecule has 0 saturated carbocycles. The Balaban J connectivity index is 1.98. The topological polar surface area (TPSA) is 72.9 Å². The first-order chi connectivity index (χ1) is 9.48. The highest BCUT2D eigenvalue weighted by atomic mass is 32.2. The fourth-order valence-corrected chi connectivity index (χ4v) is 4.31. The van der Waals surface area contributed by atoms with Crippen LogP contribution in [0.5, 0.6) is 0 Å². The highest BCUT2D eigenvalue weighted by Gasteiger charge is 2.29. The van der Waals surface area contributed by atoms with Gasteiger partial charge in [0.25, 0.3) is 0 Å². The van der Waals surface area contributed by atoms with Crippen LogP contribution in [0.15, 0.2) is 23.1 Å². The maximum atomic E-state index is 12.5. The summed E-state index contributed by atoms with van der Waals surface area (Å²) in [6, 6.07) is 5.00. The van der Waals surface area contributed by atoms with E-state index in [1.807, 2.05) is 11.9 Å².